The van der Waals surface area contributed by atoms with Crippen molar-refractivity contribution in [2.75, 3.05) is 20.3 Å². The Labute approximate surface area is 125 Å². The number of carbonyl (C=O) groups is 1. The van der Waals surface area contributed by atoms with E-state index in [9.17, 15) is 9.90 Å². The van der Waals surface area contributed by atoms with Crippen LogP contribution in [0.1, 0.15) is 26.2 Å². The summed E-state index contributed by atoms with van der Waals surface area (Å²) in [5.74, 6) is 0.727. The van der Waals surface area contributed by atoms with Crippen LogP contribution in [0.3, 0.4) is 0 Å². The average molecular weight is 293 g/mol. The lowest BCUT2D eigenvalue weighted by molar-refractivity contribution is -0.147. The third-order valence-electron chi connectivity index (χ3n) is 3.87. The van der Waals surface area contributed by atoms with E-state index in [0.29, 0.717) is 12.3 Å². The molecule has 0 spiro atoms. The van der Waals surface area contributed by atoms with Crippen LogP contribution in [0, 0.1) is 5.92 Å². The maximum absolute atomic E-state index is 11.8. The molecule has 1 saturated carbocycles. The van der Waals surface area contributed by atoms with Crippen molar-refractivity contribution >= 4 is 5.97 Å². The molecule has 2 rings (SSSR count). The molecule has 116 valence electrons. The minimum absolute atomic E-state index is 0.138. The monoisotopic (exact) mass is 293 g/mol. The molecule has 5 nitrogen and oxygen atoms in total. The van der Waals surface area contributed by atoms with E-state index in [0.717, 1.165) is 25.0 Å². The van der Waals surface area contributed by atoms with Gasteiger partial charge >= 0.3 is 5.97 Å². The van der Waals surface area contributed by atoms with Gasteiger partial charge in [-0.25, -0.2) is 0 Å². The highest BCUT2D eigenvalue weighted by Crippen LogP contribution is 2.40. The minimum atomic E-state index is -0.976. The molecule has 2 N–H and O–H groups in total. The molecule has 1 aromatic carbocycles. The molecule has 0 bridgehead atoms. The Bertz CT molecular complexity index is 470. The van der Waals surface area contributed by atoms with Crippen molar-refractivity contribution in [3.63, 3.8) is 0 Å². The normalized spacial score (nSPS) is 17.0. The second kappa shape index (κ2) is 6.80. The molecule has 1 unspecified atom stereocenters. The van der Waals surface area contributed by atoms with Gasteiger partial charge < -0.3 is 14.6 Å². The van der Waals surface area contributed by atoms with Crippen molar-refractivity contribution in [2.24, 2.45) is 5.92 Å². The fourth-order valence-corrected chi connectivity index (χ4v) is 2.42. The molecule has 0 saturated heterocycles. The number of carboxylic acid groups (broad SMARTS) is 1. The summed E-state index contributed by atoms with van der Waals surface area (Å²) < 4.78 is 10.8. The summed E-state index contributed by atoms with van der Waals surface area (Å²) in [5.41, 5.74) is -0.976. The SMILES string of the molecule is CCCNC(COc1ccc(OC)cc1)(C(=O)O)C1CC1. The van der Waals surface area contributed by atoms with E-state index in [1.165, 1.54) is 0 Å². The summed E-state index contributed by atoms with van der Waals surface area (Å²) in [6.07, 6.45) is 2.77. The first-order valence-corrected chi connectivity index (χ1v) is 7.37. The fraction of sp³-hybridized carbons (Fsp3) is 0.562. The van der Waals surface area contributed by atoms with Gasteiger partial charge in [-0.15, -0.1) is 0 Å². The molecule has 0 heterocycles. The number of methoxy groups -OCH3 is 1. The Morgan fingerprint density at radius 3 is 2.43 bits per heavy atom. The number of benzene rings is 1. The van der Waals surface area contributed by atoms with Crippen molar-refractivity contribution in [1.29, 1.82) is 0 Å². The van der Waals surface area contributed by atoms with Crippen LogP contribution < -0.4 is 14.8 Å². The summed E-state index contributed by atoms with van der Waals surface area (Å²) in [7, 11) is 1.60. The standard InChI is InChI=1S/C16H23NO4/c1-3-10-17-16(15(18)19,12-4-5-12)11-21-14-8-6-13(20-2)7-9-14/h6-9,12,17H,3-5,10-11H2,1-2H3,(H,18,19). The lowest BCUT2D eigenvalue weighted by Crippen LogP contribution is -2.58. The van der Waals surface area contributed by atoms with Crippen LogP contribution in [0.25, 0.3) is 0 Å². The maximum atomic E-state index is 11.8. The number of aliphatic carboxylic acids is 1. The van der Waals surface area contributed by atoms with Crippen molar-refractivity contribution in [3.05, 3.63) is 24.3 Å². The maximum Gasteiger partial charge on any atom is 0.327 e. The number of rotatable bonds is 9. The van der Waals surface area contributed by atoms with E-state index in [1.807, 2.05) is 6.92 Å². The third-order valence-corrected chi connectivity index (χ3v) is 3.87. The Morgan fingerprint density at radius 1 is 1.33 bits per heavy atom. The summed E-state index contributed by atoms with van der Waals surface area (Å²) in [5, 5.41) is 12.8. The van der Waals surface area contributed by atoms with E-state index < -0.39 is 11.5 Å². The molecular formula is C16H23NO4. The van der Waals surface area contributed by atoms with Crippen LogP contribution in [-0.4, -0.2) is 36.9 Å². The predicted octanol–water partition coefficient (Wildman–Crippen LogP) is 2.31. The zero-order valence-corrected chi connectivity index (χ0v) is 12.6. The molecule has 1 aromatic rings. The second-order valence-corrected chi connectivity index (χ2v) is 5.44. The zero-order valence-electron chi connectivity index (χ0n) is 12.6. The highest BCUT2D eigenvalue weighted by atomic mass is 16.5. The number of hydrogen-bond donors (Lipinski definition) is 2. The number of nitrogens with one attached hydrogen (secondary N) is 1. The van der Waals surface area contributed by atoms with Gasteiger partial charge in [0.25, 0.3) is 0 Å². The van der Waals surface area contributed by atoms with E-state index in [2.05, 4.69) is 5.32 Å². The smallest absolute Gasteiger partial charge is 0.327 e. The molecule has 1 aliphatic carbocycles. The summed E-state index contributed by atoms with van der Waals surface area (Å²) in [6, 6.07) is 7.18. The molecule has 0 aliphatic heterocycles. The summed E-state index contributed by atoms with van der Waals surface area (Å²) in [4.78, 5) is 11.8. The third kappa shape index (κ3) is 3.67. The van der Waals surface area contributed by atoms with Crippen LogP contribution in [0.5, 0.6) is 11.5 Å². The van der Waals surface area contributed by atoms with Crippen molar-refractivity contribution < 1.29 is 19.4 Å². The van der Waals surface area contributed by atoms with Crippen LogP contribution in [0.15, 0.2) is 24.3 Å². The molecule has 1 atom stereocenters. The second-order valence-electron chi connectivity index (χ2n) is 5.44. The Morgan fingerprint density at radius 2 is 1.95 bits per heavy atom. The minimum Gasteiger partial charge on any atom is -0.497 e. The Balaban J connectivity index is 2.05. The first-order chi connectivity index (χ1) is 10.1. The van der Waals surface area contributed by atoms with Crippen LogP contribution in [-0.2, 0) is 4.79 Å². The molecule has 0 amide bonds. The Hall–Kier alpha value is -1.75. The molecule has 0 aromatic heterocycles. The van der Waals surface area contributed by atoms with Crippen molar-refractivity contribution in [2.45, 2.75) is 31.7 Å². The lowest BCUT2D eigenvalue weighted by atomic mass is 9.94. The highest BCUT2D eigenvalue weighted by Gasteiger charge is 2.51. The van der Waals surface area contributed by atoms with Gasteiger partial charge in [-0.05, 0) is 56.0 Å². The van der Waals surface area contributed by atoms with Crippen LogP contribution in [0.2, 0.25) is 0 Å². The molecule has 5 heteroatoms. The van der Waals surface area contributed by atoms with E-state index in [-0.39, 0.29) is 12.5 Å². The topological polar surface area (TPSA) is 67.8 Å². The molecule has 21 heavy (non-hydrogen) atoms. The van der Waals surface area contributed by atoms with Gasteiger partial charge in [0.2, 0.25) is 0 Å². The van der Waals surface area contributed by atoms with Crippen LogP contribution in [0.4, 0.5) is 0 Å². The highest BCUT2D eigenvalue weighted by molar-refractivity contribution is 5.80. The Kier molecular flexibility index (Phi) is 5.07. The fourth-order valence-electron chi connectivity index (χ4n) is 2.42. The first-order valence-electron chi connectivity index (χ1n) is 7.37. The zero-order chi connectivity index (χ0) is 15.3. The van der Waals surface area contributed by atoms with Gasteiger partial charge in [0.05, 0.1) is 7.11 Å². The van der Waals surface area contributed by atoms with Crippen LogP contribution >= 0.6 is 0 Å². The van der Waals surface area contributed by atoms with E-state index >= 15 is 0 Å². The first kappa shape index (κ1) is 15.6. The number of hydrogen-bond acceptors (Lipinski definition) is 4. The van der Waals surface area contributed by atoms with Gasteiger partial charge in [-0.2, -0.15) is 0 Å². The average Bonchev–Trinajstić information content (AvgIpc) is 3.33. The predicted molar refractivity (Wildman–Crippen MR) is 79.9 cm³/mol. The number of ether oxygens (including phenoxy) is 2. The number of carboxylic acids is 1. The largest absolute Gasteiger partial charge is 0.497 e. The van der Waals surface area contributed by atoms with Gasteiger partial charge in [-0.3, -0.25) is 10.1 Å². The lowest BCUT2D eigenvalue weighted by Gasteiger charge is -2.30. The molecule has 1 fully saturated rings. The van der Waals surface area contributed by atoms with Crippen molar-refractivity contribution in [3.8, 4) is 11.5 Å². The summed E-state index contributed by atoms with van der Waals surface area (Å²) in [6.45, 7) is 2.84. The van der Waals surface area contributed by atoms with Gasteiger partial charge in [0.15, 0.2) is 5.54 Å². The summed E-state index contributed by atoms with van der Waals surface area (Å²) >= 11 is 0. The molecule has 0 radical (unpaired) electrons. The van der Waals surface area contributed by atoms with Gasteiger partial charge in [-0.1, -0.05) is 6.92 Å². The van der Waals surface area contributed by atoms with Gasteiger partial charge in [0.1, 0.15) is 18.1 Å². The molecular weight excluding hydrogens is 270 g/mol. The van der Waals surface area contributed by atoms with E-state index in [4.69, 9.17) is 9.47 Å². The quantitative estimate of drug-likeness (QED) is 0.731. The molecule has 1 aliphatic rings. The van der Waals surface area contributed by atoms with Gasteiger partial charge in [0, 0.05) is 0 Å². The van der Waals surface area contributed by atoms with E-state index in [1.54, 1.807) is 31.4 Å². The van der Waals surface area contributed by atoms with Crippen molar-refractivity contribution in [1.82, 2.24) is 5.32 Å².